The minimum atomic E-state index is -0.376. The summed E-state index contributed by atoms with van der Waals surface area (Å²) in [5.41, 5.74) is 7.90. The molecule has 4 rings (SSSR count). The molecule has 160 valence electrons. The van der Waals surface area contributed by atoms with Crippen molar-refractivity contribution in [2.24, 2.45) is 0 Å². The predicted molar refractivity (Wildman–Crippen MR) is 118 cm³/mol. The van der Waals surface area contributed by atoms with Crippen LogP contribution in [0.2, 0.25) is 0 Å². The molecule has 0 atom stereocenters. The van der Waals surface area contributed by atoms with Crippen LogP contribution in [-0.2, 0) is 26.5 Å². The molecule has 0 unspecified atom stereocenters. The summed E-state index contributed by atoms with van der Waals surface area (Å²) in [7, 11) is 0. The molecule has 0 fully saturated rings. The first kappa shape index (κ1) is 23.0. The van der Waals surface area contributed by atoms with Gasteiger partial charge in [-0.15, -0.1) is 17.7 Å². The van der Waals surface area contributed by atoms with Gasteiger partial charge < -0.3 is 15.0 Å². The van der Waals surface area contributed by atoms with E-state index in [9.17, 15) is 0 Å². The summed E-state index contributed by atoms with van der Waals surface area (Å²) < 4.78 is 1.84. The molecule has 0 aromatic carbocycles. The zero-order valence-corrected chi connectivity index (χ0v) is 20.9. The Morgan fingerprint density at radius 1 is 0.806 bits per heavy atom. The van der Waals surface area contributed by atoms with E-state index >= 15 is 0 Å². The van der Waals surface area contributed by atoms with Gasteiger partial charge in [-0.05, 0) is 54.4 Å². The third-order valence-corrected chi connectivity index (χ3v) is 5.34. The number of aromatic nitrogens is 5. The van der Waals surface area contributed by atoms with Crippen LogP contribution in [0.3, 0.4) is 0 Å². The monoisotopic (exact) mass is 590 g/mol. The van der Waals surface area contributed by atoms with Crippen LogP contribution in [0.5, 0.6) is 0 Å². The van der Waals surface area contributed by atoms with Gasteiger partial charge in [-0.3, -0.25) is 4.68 Å². The first-order chi connectivity index (χ1) is 14.3. The van der Waals surface area contributed by atoms with E-state index in [0.717, 1.165) is 51.1 Å². The van der Waals surface area contributed by atoms with Crippen LogP contribution in [0.25, 0.3) is 16.9 Å². The van der Waals surface area contributed by atoms with Gasteiger partial charge in [-0.2, -0.15) is 17.2 Å². The number of rotatable bonds is 4. The Morgan fingerprint density at radius 2 is 1.48 bits per heavy atom. The van der Waals surface area contributed by atoms with Gasteiger partial charge in [0, 0.05) is 11.9 Å². The molecule has 0 aliphatic carbocycles. The largest absolute Gasteiger partial charge is 2.00 e. The van der Waals surface area contributed by atoms with Crippen LogP contribution < -0.4 is 0 Å². The second-order valence-corrected chi connectivity index (χ2v) is 8.16. The fraction of sp³-hybridized carbons (Fsp3) is 0.280. The molecule has 0 spiro atoms. The SMILES string of the molecule is Cc1c[c-]c(-c2cccc(C(C)(C)c3ccn(-c4[c-]cc(C)nc4C)n3)n2)c(C)n1.[Pt+2]. The van der Waals surface area contributed by atoms with Crippen LogP contribution in [-0.4, -0.2) is 24.7 Å². The molecule has 0 amide bonds. The molecule has 0 aliphatic heterocycles. The summed E-state index contributed by atoms with van der Waals surface area (Å²) in [6.45, 7) is 12.2. The average molecular weight is 591 g/mol. The summed E-state index contributed by atoms with van der Waals surface area (Å²) >= 11 is 0. The van der Waals surface area contributed by atoms with Crippen molar-refractivity contribution in [3.8, 4) is 16.9 Å². The van der Waals surface area contributed by atoms with E-state index in [2.05, 4.69) is 35.9 Å². The van der Waals surface area contributed by atoms with Gasteiger partial charge in [-0.1, -0.05) is 45.5 Å². The van der Waals surface area contributed by atoms with Crippen LogP contribution in [0, 0.1) is 39.8 Å². The van der Waals surface area contributed by atoms with Crippen LogP contribution in [0.15, 0.2) is 42.6 Å². The quantitative estimate of drug-likeness (QED) is 0.318. The van der Waals surface area contributed by atoms with E-state index in [1.54, 1.807) is 0 Å². The Labute approximate surface area is 198 Å². The Bertz CT molecular complexity index is 1230. The minimum absolute atomic E-state index is 0. The molecule has 4 heterocycles. The molecular weight excluding hydrogens is 565 g/mol. The zero-order valence-electron chi connectivity index (χ0n) is 18.6. The standard InChI is InChI=1S/C25H25N5.Pt/c1-16-10-12-20(18(3)26-16)21-8-7-9-23(28-21)25(5,6)24-14-15-30(29-24)22-13-11-17(2)27-19(22)4;/h7-11,14-15H,1-6H3;/q-2;+2. The van der Waals surface area contributed by atoms with Crippen LogP contribution in [0.1, 0.15) is 48.0 Å². The summed E-state index contributed by atoms with van der Waals surface area (Å²) in [6.07, 6.45) is 1.96. The number of hydrogen-bond donors (Lipinski definition) is 0. The van der Waals surface area contributed by atoms with Gasteiger partial charge >= 0.3 is 21.1 Å². The summed E-state index contributed by atoms with van der Waals surface area (Å²) in [5.74, 6) is 0. The molecule has 0 bridgehead atoms. The zero-order chi connectivity index (χ0) is 21.5. The molecule has 0 aliphatic rings. The van der Waals surface area contributed by atoms with Gasteiger partial charge in [-0.25, -0.2) is 0 Å². The molecule has 0 saturated heterocycles. The molecule has 4 aromatic rings. The van der Waals surface area contributed by atoms with Crippen molar-refractivity contribution in [3.05, 3.63) is 88.9 Å². The third kappa shape index (κ3) is 4.52. The maximum absolute atomic E-state index is 4.95. The number of pyridine rings is 3. The van der Waals surface area contributed by atoms with E-state index in [0.29, 0.717) is 0 Å². The first-order valence-corrected chi connectivity index (χ1v) is 10.0. The summed E-state index contributed by atoms with van der Waals surface area (Å²) in [5, 5.41) is 4.84. The Kier molecular flexibility index (Phi) is 6.56. The Balaban J connectivity index is 0.00000272. The minimum Gasteiger partial charge on any atom is -0.383 e. The smallest absolute Gasteiger partial charge is 0.383 e. The molecular formula is C25H25N5Pt. The van der Waals surface area contributed by atoms with E-state index in [4.69, 9.17) is 10.1 Å². The fourth-order valence-electron chi connectivity index (χ4n) is 3.59. The number of hydrogen-bond acceptors (Lipinski definition) is 4. The summed E-state index contributed by atoms with van der Waals surface area (Å²) in [6, 6.07) is 18.5. The second kappa shape index (κ2) is 8.84. The fourth-order valence-corrected chi connectivity index (χ4v) is 3.59. The van der Waals surface area contributed by atoms with Crippen molar-refractivity contribution in [2.45, 2.75) is 47.0 Å². The van der Waals surface area contributed by atoms with Crippen LogP contribution >= 0.6 is 0 Å². The van der Waals surface area contributed by atoms with E-state index in [1.165, 1.54) is 0 Å². The Hall–Kier alpha value is -2.65. The van der Waals surface area contributed by atoms with Gasteiger partial charge in [0.25, 0.3) is 0 Å². The van der Waals surface area contributed by atoms with Crippen molar-refractivity contribution in [1.29, 1.82) is 0 Å². The van der Waals surface area contributed by atoms with Crippen LogP contribution in [0.4, 0.5) is 0 Å². The van der Waals surface area contributed by atoms with Crippen molar-refractivity contribution in [2.75, 3.05) is 0 Å². The molecule has 0 saturated carbocycles. The third-order valence-electron chi connectivity index (χ3n) is 5.34. The summed E-state index contributed by atoms with van der Waals surface area (Å²) in [4.78, 5) is 14.0. The molecule has 0 N–H and O–H groups in total. The van der Waals surface area contributed by atoms with Gasteiger partial charge in [0.05, 0.1) is 11.1 Å². The molecule has 31 heavy (non-hydrogen) atoms. The number of nitrogens with zero attached hydrogens (tertiary/aromatic N) is 5. The van der Waals surface area contributed by atoms with Crippen molar-refractivity contribution >= 4 is 0 Å². The van der Waals surface area contributed by atoms with E-state index in [1.807, 2.05) is 75.0 Å². The molecule has 4 aromatic heterocycles. The first-order valence-electron chi connectivity index (χ1n) is 10.0. The van der Waals surface area contributed by atoms with Crippen molar-refractivity contribution < 1.29 is 21.1 Å². The molecule has 0 radical (unpaired) electrons. The average Bonchev–Trinajstić information content (AvgIpc) is 3.19. The predicted octanol–water partition coefficient (Wildman–Crippen LogP) is 4.88. The Morgan fingerprint density at radius 3 is 2.16 bits per heavy atom. The number of aryl methyl sites for hydroxylation is 4. The topological polar surface area (TPSA) is 56.5 Å². The maximum atomic E-state index is 4.95. The van der Waals surface area contributed by atoms with E-state index in [-0.39, 0.29) is 26.5 Å². The normalized spacial score (nSPS) is 11.3. The molecule has 6 heteroatoms. The molecule has 5 nitrogen and oxygen atoms in total. The van der Waals surface area contributed by atoms with Gasteiger partial charge in [0.1, 0.15) is 0 Å². The van der Waals surface area contributed by atoms with Gasteiger partial charge in [0.2, 0.25) is 0 Å². The van der Waals surface area contributed by atoms with E-state index < -0.39 is 0 Å². The van der Waals surface area contributed by atoms with Crippen molar-refractivity contribution in [3.63, 3.8) is 0 Å². The van der Waals surface area contributed by atoms with Gasteiger partial charge in [0.15, 0.2) is 0 Å². The second-order valence-electron chi connectivity index (χ2n) is 8.16. The van der Waals surface area contributed by atoms with Crippen molar-refractivity contribution in [1.82, 2.24) is 24.7 Å². The maximum Gasteiger partial charge on any atom is 2.00 e.